The van der Waals surface area contributed by atoms with E-state index in [9.17, 15) is 9.50 Å². The van der Waals surface area contributed by atoms with Gasteiger partial charge in [0.25, 0.3) is 0 Å². The third-order valence-electron chi connectivity index (χ3n) is 3.34. The first-order valence-corrected chi connectivity index (χ1v) is 6.20. The van der Waals surface area contributed by atoms with Crippen LogP contribution in [0.25, 0.3) is 0 Å². The van der Waals surface area contributed by atoms with Crippen molar-refractivity contribution in [2.24, 2.45) is 0 Å². The minimum atomic E-state index is -1.36. The van der Waals surface area contributed by atoms with Crippen LogP contribution in [0, 0.1) is 5.82 Å². The van der Waals surface area contributed by atoms with Gasteiger partial charge >= 0.3 is 0 Å². The Morgan fingerprint density at radius 2 is 1.65 bits per heavy atom. The molecule has 1 atom stereocenters. The molecule has 0 aliphatic carbocycles. The van der Waals surface area contributed by atoms with Crippen LogP contribution in [0.15, 0.2) is 42.5 Å². The highest BCUT2D eigenvalue weighted by atomic mass is 19.1. The SMILES string of the molecule is COc1ccc(C(C)(O)c2cc(F)ccc2OC)cc1. The van der Waals surface area contributed by atoms with Gasteiger partial charge in [0.2, 0.25) is 0 Å². The molecule has 0 saturated carbocycles. The van der Waals surface area contributed by atoms with Crippen LogP contribution >= 0.6 is 0 Å². The highest BCUT2D eigenvalue weighted by Gasteiger charge is 2.29. The minimum absolute atomic E-state index is 0.380. The topological polar surface area (TPSA) is 38.7 Å². The number of ether oxygens (including phenoxy) is 2. The molecule has 3 nitrogen and oxygen atoms in total. The Morgan fingerprint density at radius 3 is 2.20 bits per heavy atom. The Kier molecular flexibility index (Phi) is 3.95. The molecule has 0 heterocycles. The summed E-state index contributed by atoms with van der Waals surface area (Å²) in [6.07, 6.45) is 0. The number of hydrogen-bond acceptors (Lipinski definition) is 3. The summed E-state index contributed by atoms with van der Waals surface area (Å²) in [6.45, 7) is 1.60. The summed E-state index contributed by atoms with van der Waals surface area (Å²) in [5, 5.41) is 10.8. The first kappa shape index (κ1) is 14.3. The predicted octanol–water partition coefficient (Wildman–Crippen LogP) is 3.10. The van der Waals surface area contributed by atoms with Gasteiger partial charge in [-0.05, 0) is 42.8 Å². The van der Waals surface area contributed by atoms with E-state index in [1.807, 2.05) is 0 Å². The van der Waals surface area contributed by atoms with Gasteiger partial charge in [-0.1, -0.05) is 12.1 Å². The molecule has 0 spiro atoms. The van der Waals surface area contributed by atoms with E-state index in [0.717, 1.165) is 0 Å². The third-order valence-corrected chi connectivity index (χ3v) is 3.34. The summed E-state index contributed by atoms with van der Waals surface area (Å²) in [4.78, 5) is 0. The number of hydrogen-bond donors (Lipinski definition) is 1. The van der Waals surface area contributed by atoms with Crippen molar-refractivity contribution in [1.82, 2.24) is 0 Å². The lowest BCUT2D eigenvalue weighted by Crippen LogP contribution is -2.23. The van der Waals surface area contributed by atoms with Crippen molar-refractivity contribution in [3.63, 3.8) is 0 Å². The lowest BCUT2D eigenvalue weighted by atomic mass is 9.87. The van der Waals surface area contributed by atoms with E-state index in [1.165, 1.54) is 25.3 Å². The molecule has 20 heavy (non-hydrogen) atoms. The Hall–Kier alpha value is -2.07. The molecule has 2 rings (SSSR count). The highest BCUT2D eigenvalue weighted by Crippen LogP contribution is 2.36. The summed E-state index contributed by atoms with van der Waals surface area (Å²) >= 11 is 0. The van der Waals surface area contributed by atoms with Gasteiger partial charge in [0, 0.05) is 5.56 Å². The lowest BCUT2D eigenvalue weighted by molar-refractivity contribution is 0.0985. The van der Waals surface area contributed by atoms with E-state index in [4.69, 9.17) is 9.47 Å². The van der Waals surface area contributed by atoms with Crippen molar-refractivity contribution in [1.29, 1.82) is 0 Å². The molecule has 4 heteroatoms. The third kappa shape index (κ3) is 2.60. The fourth-order valence-electron chi connectivity index (χ4n) is 2.13. The zero-order chi connectivity index (χ0) is 14.8. The normalized spacial score (nSPS) is 13.7. The van der Waals surface area contributed by atoms with Crippen LogP contribution in [-0.2, 0) is 5.60 Å². The second-order valence-electron chi connectivity index (χ2n) is 4.65. The van der Waals surface area contributed by atoms with Crippen molar-refractivity contribution < 1.29 is 19.0 Å². The minimum Gasteiger partial charge on any atom is -0.497 e. The maximum absolute atomic E-state index is 13.5. The standard InChI is InChI=1S/C16H17FO3/c1-16(18,11-4-7-13(19-2)8-5-11)14-10-12(17)6-9-15(14)20-3/h4-10,18H,1-3H3. The molecular weight excluding hydrogens is 259 g/mol. The van der Waals surface area contributed by atoms with Gasteiger partial charge in [0.05, 0.1) is 14.2 Å². The van der Waals surface area contributed by atoms with Gasteiger partial charge in [0.1, 0.15) is 22.9 Å². The van der Waals surface area contributed by atoms with Crippen LogP contribution < -0.4 is 9.47 Å². The molecule has 0 aromatic heterocycles. The Labute approximate surface area is 117 Å². The quantitative estimate of drug-likeness (QED) is 0.932. The summed E-state index contributed by atoms with van der Waals surface area (Å²) in [5.74, 6) is 0.706. The molecule has 0 amide bonds. The number of benzene rings is 2. The van der Waals surface area contributed by atoms with E-state index in [-0.39, 0.29) is 0 Å². The van der Waals surface area contributed by atoms with Gasteiger partial charge in [-0.25, -0.2) is 4.39 Å². The van der Waals surface area contributed by atoms with Gasteiger partial charge in [-0.15, -0.1) is 0 Å². The zero-order valence-electron chi connectivity index (χ0n) is 11.7. The van der Waals surface area contributed by atoms with Gasteiger partial charge in [-0.3, -0.25) is 0 Å². The molecule has 0 saturated heterocycles. The first-order valence-electron chi connectivity index (χ1n) is 6.20. The average Bonchev–Trinajstić information content (AvgIpc) is 2.47. The predicted molar refractivity (Wildman–Crippen MR) is 74.6 cm³/mol. The summed E-state index contributed by atoms with van der Waals surface area (Å²) in [6, 6.07) is 11.1. The van der Waals surface area contributed by atoms with Crippen molar-refractivity contribution in [2.75, 3.05) is 14.2 Å². The van der Waals surface area contributed by atoms with Gasteiger partial charge < -0.3 is 14.6 Å². The van der Waals surface area contributed by atoms with Crippen molar-refractivity contribution in [3.8, 4) is 11.5 Å². The molecule has 1 unspecified atom stereocenters. The monoisotopic (exact) mass is 276 g/mol. The molecule has 0 bridgehead atoms. The second-order valence-corrected chi connectivity index (χ2v) is 4.65. The van der Waals surface area contributed by atoms with Gasteiger partial charge in [0.15, 0.2) is 0 Å². The first-order chi connectivity index (χ1) is 9.48. The Morgan fingerprint density at radius 1 is 1.00 bits per heavy atom. The van der Waals surface area contributed by atoms with E-state index < -0.39 is 11.4 Å². The van der Waals surface area contributed by atoms with Gasteiger partial charge in [-0.2, -0.15) is 0 Å². The maximum atomic E-state index is 13.5. The van der Waals surface area contributed by atoms with E-state index in [0.29, 0.717) is 22.6 Å². The van der Waals surface area contributed by atoms with E-state index >= 15 is 0 Å². The average molecular weight is 276 g/mol. The van der Waals surface area contributed by atoms with Crippen LogP contribution in [0.2, 0.25) is 0 Å². The van der Waals surface area contributed by atoms with Crippen LogP contribution in [0.3, 0.4) is 0 Å². The van der Waals surface area contributed by atoms with Crippen LogP contribution in [0.1, 0.15) is 18.1 Å². The van der Waals surface area contributed by atoms with Crippen LogP contribution in [-0.4, -0.2) is 19.3 Å². The summed E-state index contributed by atoms with van der Waals surface area (Å²) in [7, 11) is 3.06. The maximum Gasteiger partial charge on any atom is 0.125 e. The second kappa shape index (κ2) is 5.51. The molecular formula is C16H17FO3. The fourth-order valence-corrected chi connectivity index (χ4v) is 2.13. The van der Waals surface area contributed by atoms with E-state index in [2.05, 4.69) is 0 Å². The number of rotatable bonds is 4. The van der Waals surface area contributed by atoms with Crippen LogP contribution in [0.4, 0.5) is 4.39 Å². The Bertz CT molecular complexity index is 591. The fraction of sp³-hybridized carbons (Fsp3) is 0.250. The molecule has 0 radical (unpaired) electrons. The van der Waals surface area contributed by atoms with Crippen molar-refractivity contribution >= 4 is 0 Å². The largest absolute Gasteiger partial charge is 0.497 e. The smallest absolute Gasteiger partial charge is 0.125 e. The zero-order valence-corrected chi connectivity index (χ0v) is 11.7. The number of aliphatic hydroxyl groups is 1. The summed E-state index contributed by atoms with van der Waals surface area (Å²) < 4.78 is 23.7. The molecule has 2 aromatic rings. The summed E-state index contributed by atoms with van der Waals surface area (Å²) in [5.41, 5.74) is -0.355. The molecule has 1 N–H and O–H groups in total. The molecule has 2 aromatic carbocycles. The van der Waals surface area contributed by atoms with Crippen molar-refractivity contribution in [2.45, 2.75) is 12.5 Å². The molecule has 0 fully saturated rings. The van der Waals surface area contributed by atoms with E-state index in [1.54, 1.807) is 38.3 Å². The molecule has 106 valence electrons. The molecule has 0 aliphatic heterocycles. The highest BCUT2D eigenvalue weighted by molar-refractivity contribution is 5.45. The van der Waals surface area contributed by atoms with Crippen LogP contribution in [0.5, 0.6) is 11.5 Å². The Balaban J connectivity index is 2.50. The number of methoxy groups -OCH3 is 2. The molecule has 0 aliphatic rings. The van der Waals surface area contributed by atoms with Crippen molar-refractivity contribution in [3.05, 3.63) is 59.4 Å². The number of halogens is 1. The lowest BCUT2D eigenvalue weighted by Gasteiger charge is -2.26.